The smallest absolute Gasteiger partial charge is 0.325 e. The number of nitrogens with zero attached hydrogens (tertiary/aromatic N) is 1. The van der Waals surface area contributed by atoms with Crippen molar-refractivity contribution in [2.75, 3.05) is 0 Å². The predicted octanol–water partition coefficient (Wildman–Crippen LogP) is 2.33. The zero-order chi connectivity index (χ0) is 19.7. The molecular weight excluding hydrogens is 358 g/mol. The summed E-state index contributed by atoms with van der Waals surface area (Å²) in [5.41, 5.74) is -0.285. The van der Waals surface area contributed by atoms with E-state index >= 15 is 0 Å². The van der Waals surface area contributed by atoms with Gasteiger partial charge in [0.2, 0.25) is 5.91 Å². The van der Waals surface area contributed by atoms with Crippen LogP contribution in [0, 0.1) is 17.6 Å². The van der Waals surface area contributed by atoms with E-state index in [2.05, 4.69) is 5.32 Å². The number of carbonyl (C=O) groups excluding carboxylic acids is 2. The second-order valence-corrected chi connectivity index (χ2v) is 7.27. The zero-order valence-electron chi connectivity index (χ0n) is 15.0. The molecule has 1 aliphatic heterocycles. The van der Waals surface area contributed by atoms with Gasteiger partial charge in [-0.1, -0.05) is 12.8 Å². The molecule has 1 heterocycles. The molecule has 3 rings (SSSR count). The summed E-state index contributed by atoms with van der Waals surface area (Å²) in [5, 5.41) is 11.4. The largest absolute Gasteiger partial charge is 0.480 e. The van der Waals surface area contributed by atoms with Crippen LogP contribution in [-0.4, -0.2) is 45.9 Å². The average Bonchev–Trinajstić information content (AvgIpc) is 3.00. The van der Waals surface area contributed by atoms with E-state index in [0.29, 0.717) is 18.9 Å². The van der Waals surface area contributed by atoms with Gasteiger partial charge in [0.15, 0.2) is 0 Å². The second-order valence-electron chi connectivity index (χ2n) is 7.27. The molecule has 2 N–H and O–H groups in total. The third-order valence-electron chi connectivity index (χ3n) is 5.52. The lowest BCUT2D eigenvalue weighted by atomic mass is 9.84. The van der Waals surface area contributed by atoms with Gasteiger partial charge in [-0.15, -0.1) is 0 Å². The average molecular weight is 380 g/mol. The molecule has 8 heteroatoms. The van der Waals surface area contributed by atoms with Crippen molar-refractivity contribution in [1.29, 1.82) is 0 Å². The number of aliphatic carboxylic acids is 1. The van der Waals surface area contributed by atoms with Gasteiger partial charge in [-0.05, 0) is 44.2 Å². The van der Waals surface area contributed by atoms with Gasteiger partial charge in [-0.2, -0.15) is 0 Å². The molecule has 0 bridgehead atoms. The Kier molecular flexibility index (Phi) is 5.43. The van der Waals surface area contributed by atoms with Crippen molar-refractivity contribution < 1.29 is 28.3 Å². The number of hydrogen-bond acceptors (Lipinski definition) is 3. The van der Waals surface area contributed by atoms with Crippen molar-refractivity contribution in [2.45, 2.75) is 57.2 Å². The van der Waals surface area contributed by atoms with Crippen molar-refractivity contribution in [3.8, 4) is 0 Å². The Hall–Kier alpha value is -2.51. The van der Waals surface area contributed by atoms with E-state index in [1.165, 1.54) is 11.8 Å². The molecule has 0 aromatic heterocycles. The number of carboxylic acids is 1. The summed E-state index contributed by atoms with van der Waals surface area (Å²) < 4.78 is 27.4. The summed E-state index contributed by atoms with van der Waals surface area (Å²) in [5.74, 6) is -4.05. The zero-order valence-corrected chi connectivity index (χ0v) is 15.0. The minimum atomic E-state index is -1.18. The van der Waals surface area contributed by atoms with Crippen molar-refractivity contribution in [3.63, 3.8) is 0 Å². The number of fused-ring (bicyclic) bond motifs is 1. The summed E-state index contributed by atoms with van der Waals surface area (Å²) >= 11 is 0. The number of carbonyl (C=O) groups is 3. The number of halogens is 2. The summed E-state index contributed by atoms with van der Waals surface area (Å²) in [6, 6.07) is 0.566. The van der Waals surface area contributed by atoms with Gasteiger partial charge in [0.05, 0.1) is 5.56 Å². The molecule has 0 radical (unpaired) electrons. The highest BCUT2D eigenvalue weighted by atomic mass is 19.1. The van der Waals surface area contributed by atoms with Gasteiger partial charge in [0.1, 0.15) is 23.7 Å². The van der Waals surface area contributed by atoms with Gasteiger partial charge in [-0.3, -0.25) is 14.4 Å². The summed E-state index contributed by atoms with van der Waals surface area (Å²) in [7, 11) is 0. The molecule has 1 saturated heterocycles. The van der Waals surface area contributed by atoms with E-state index < -0.39 is 41.5 Å². The number of carboxylic acid groups (broad SMARTS) is 1. The van der Waals surface area contributed by atoms with Gasteiger partial charge < -0.3 is 15.3 Å². The van der Waals surface area contributed by atoms with Crippen molar-refractivity contribution in [1.82, 2.24) is 10.2 Å². The minimum Gasteiger partial charge on any atom is -0.480 e. The highest BCUT2D eigenvalue weighted by Gasteiger charge is 2.48. The molecule has 2 aliphatic rings. The number of likely N-dealkylation sites (tertiary alicyclic amines) is 1. The van der Waals surface area contributed by atoms with Crippen LogP contribution in [-0.2, 0) is 9.59 Å². The normalized spacial score (nSPS) is 25.6. The standard InChI is InChI=1S/C19H22F2N2O4/c1-10(19(26)27)22-17(24)16-8-11-4-2-3-5-15(11)23(16)18(25)13-7-6-12(20)9-14(13)21/h6-7,9-11,15-16H,2-5,8H2,1H3,(H,22,24)(H,26,27)/t10-,11?,15?,16?/m0/s1. The van der Waals surface area contributed by atoms with Crippen molar-refractivity contribution >= 4 is 17.8 Å². The first kappa shape index (κ1) is 19.3. The predicted molar refractivity (Wildman–Crippen MR) is 91.9 cm³/mol. The Balaban J connectivity index is 1.90. The molecule has 2 fully saturated rings. The molecule has 1 aliphatic carbocycles. The number of benzene rings is 1. The van der Waals surface area contributed by atoms with Crippen LogP contribution >= 0.6 is 0 Å². The van der Waals surface area contributed by atoms with Gasteiger partial charge in [-0.25, -0.2) is 8.78 Å². The molecule has 3 unspecified atom stereocenters. The van der Waals surface area contributed by atoms with Crippen molar-refractivity contribution in [2.24, 2.45) is 5.92 Å². The fourth-order valence-corrected chi connectivity index (χ4v) is 4.16. The third kappa shape index (κ3) is 3.79. The number of nitrogens with one attached hydrogen (secondary N) is 1. The maximum absolute atomic E-state index is 14.2. The summed E-state index contributed by atoms with van der Waals surface area (Å²) in [4.78, 5) is 38.1. The molecule has 2 amide bonds. The van der Waals surface area contributed by atoms with E-state index in [4.69, 9.17) is 5.11 Å². The van der Waals surface area contributed by atoms with Gasteiger partial charge in [0, 0.05) is 12.1 Å². The number of hydrogen-bond donors (Lipinski definition) is 2. The second kappa shape index (κ2) is 7.62. The van der Waals surface area contributed by atoms with Crippen LogP contribution < -0.4 is 5.32 Å². The Morgan fingerprint density at radius 3 is 2.59 bits per heavy atom. The number of amides is 2. The van der Waals surface area contributed by atoms with E-state index in [9.17, 15) is 23.2 Å². The van der Waals surface area contributed by atoms with E-state index in [-0.39, 0.29) is 17.5 Å². The lowest BCUT2D eigenvalue weighted by Gasteiger charge is -2.34. The lowest BCUT2D eigenvalue weighted by molar-refractivity contribution is -0.141. The monoisotopic (exact) mass is 380 g/mol. The quantitative estimate of drug-likeness (QED) is 0.839. The SMILES string of the molecule is C[C@H](NC(=O)C1CC2CCCCC2N1C(=O)c1ccc(F)cc1F)C(=O)O. The molecule has 1 saturated carbocycles. The molecule has 1 aromatic carbocycles. The van der Waals surface area contributed by atoms with Crippen molar-refractivity contribution in [3.05, 3.63) is 35.4 Å². The summed E-state index contributed by atoms with van der Waals surface area (Å²) in [6.45, 7) is 1.34. The van der Waals surface area contributed by atoms with Gasteiger partial charge >= 0.3 is 5.97 Å². The molecule has 1 aromatic rings. The molecule has 27 heavy (non-hydrogen) atoms. The topological polar surface area (TPSA) is 86.7 Å². The Bertz CT molecular complexity index is 770. The Morgan fingerprint density at radius 2 is 1.93 bits per heavy atom. The van der Waals surface area contributed by atoms with Crippen LogP contribution in [0.25, 0.3) is 0 Å². The van der Waals surface area contributed by atoms with E-state index in [1.54, 1.807) is 0 Å². The fourth-order valence-electron chi connectivity index (χ4n) is 4.16. The molecule has 6 nitrogen and oxygen atoms in total. The first-order valence-corrected chi connectivity index (χ1v) is 9.10. The maximum Gasteiger partial charge on any atom is 0.325 e. The van der Waals surface area contributed by atoms with E-state index in [1.807, 2.05) is 0 Å². The Morgan fingerprint density at radius 1 is 1.22 bits per heavy atom. The highest BCUT2D eigenvalue weighted by molar-refractivity contribution is 5.99. The van der Waals surface area contributed by atoms with Crippen LogP contribution in [0.5, 0.6) is 0 Å². The third-order valence-corrected chi connectivity index (χ3v) is 5.52. The molecule has 146 valence electrons. The highest BCUT2D eigenvalue weighted by Crippen LogP contribution is 2.40. The Labute approximate surface area is 155 Å². The first-order valence-electron chi connectivity index (χ1n) is 9.10. The number of rotatable bonds is 4. The minimum absolute atomic E-state index is 0.113. The van der Waals surface area contributed by atoms with E-state index in [0.717, 1.165) is 31.4 Å². The lowest BCUT2D eigenvalue weighted by Crippen LogP contribution is -2.52. The maximum atomic E-state index is 14.2. The van der Waals surface area contributed by atoms with Crippen LogP contribution in [0.1, 0.15) is 49.4 Å². The molecular formula is C19H22F2N2O4. The van der Waals surface area contributed by atoms with Gasteiger partial charge in [0.25, 0.3) is 5.91 Å². The molecule has 4 atom stereocenters. The molecule has 0 spiro atoms. The van der Waals surface area contributed by atoms with Crippen LogP contribution in [0.2, 0.25) is 0 Å². The fraction of sp³-hybridized carbons (Fsp3) is 0.526. The summed E-state index contributed by atoms with van der Waals surface area (Å²) in [6.07, 6.45) is 3.87. The van der Waals surface area contributed by atoms with Crippen LogP contribution in [0.15, 0.2) is 18.2 Å². The van der Waals surface area contributed by atoms with Crippen LogP contribution in [0.3, 0.4) is 0 Å². The first-order chi connectivity index (χ1) is 12.8. The van der Waals surface area contributed by atoms with Crippen LogP contribution in [0.4, 0.5) is 8.78 Å².